The monoisotopic (exact) mass is 186 g/mol. The van der Waals surface area contributed by atoms with Gasteiger partial charge in [0.15, 0.2) is 0 Å². The molecule has 0 bridgehead atoms. The quantitative estimate of drug-likeness (QED) is 0.709. The van der Waals surface area contributed by atoms with Crippen LogP contribution in [0.2, 0.25) is 0 Å². The third kappa shape index (κ3) is 1.58. The zero-order valence-corrected chi connectivity index (χ0v) is 8.40. The van der Waals surface area contributed by atoms with Crippen molar-refractivity contribution >= 4 is 5.69 Å². The summed E-state index contributed by atoms with van der Waals surface area (Å²) in [7, 11) is 0. The lowest BCUT2D eigenvalue weighted by Gasteiger charge is -2.40. The van der Waals surface area contributed by atoms with Gasteiger partial charge in [0.05, 0.1) is 11.6 Å². The lowest BCUT2D eigenvalue weighted by Crippen LogP contribution is -2.46. The molecule has 1 aliphatic heterocycles. The van der Waals surface area contributed by atoms with E-state index in [0.29, 0.717) is 0 Å². The molecule has 0 aromatic heterocycles. The van der Waals surface area contributed by atoms with Gasteiger partial charge >= 0.3 is 0 Å². The topological polar surface area (TPSA) is 27.0 Å². The molecule has 0 aliphatic carbocycles. The van der Waals surface area contributed by atoms with Crippen LogP contribution in [0.4, 0.5) is 5.69 Å². The van der Waals surface area contributed by atoms with Crippen molar-refractivity contribution in [3.63, 3.8) is 0 Å². The smallest absolute Gasteiger partial charge is 0.0991 e. The van der Waals surface area contributed by atoms with E-state index >= 15 is 0 Å². The Morgan fingerprint density at radius 3 is 2.50 bits per heavy atom. The minimum atomic E-state index is 0.737. The Labute approximate surface area is 84.8 Å². The molecule has 2 rings (SSSR count). The van der Waals surface area contributed by atoms with Crippen molar-refractivity contribution in [3.05, 3.63) is 29.8 Å². The summed E-state index contributed by atoms with van der Waals surface area (Å²) in [5, 5.41) is 8.65. The van der Waals surface area contributed by atoms with E-state index in [1.807, 2.05) is 24.3 Å². The Hall–Kier alpha value is -1.49. The molecule has 0 saturated carbocycles. The summed E-state index contributed by atoms with van der Waals surface area (Å²) >= 11 is 0. The first kappa shape index (κ1) is 9.08. The predicted octanol–water partition coefficient (Wildman–Crippen LogP) is 2.40. The third-order valence-electron chi connectivity index (χ3n) is 2.90. The van der Waals surface area contributed by atoms with Crippen LogP contribution < -0.4 is 4.90 Å². The van der Waals surface area contributed by atoms with Crippen molar-refractivity contribution in [2.75, 3.05) is 18.0 Å². The Morgan fingerprint density at radius 2 is 2.00 bits per heavy atom. The number of rotatable bonds is 2. The molecule has 0 N–H and O–H groups in total. The summed E-state index contributed by atoms with van der Waals surface area (Å²) < 4.78 is 0. The second-order valence-corrected chi connectivity index (χ2v) is 3.84. The van der Waals surface area contributed by atoms with Crippen molar-refractivity contribution in [2.24, 2.45) is 5.92 Å². The summed E-state index contributed by atoms with van der Waals surface area (Å²) in [5.74, 6) is 0.866. The van der Waals surface area contributed by atoms with Gasteiger partial charge in [-0.05, 0) is 36.6 Å². The molecule has 72 valence electrons. The highest BCUT2D eigenvalue weighted by Gasteiger charge is 2.24. The van der Waals surface area contributed by atoms with Gasteiger partial charge in [0.2, 0.25) is 0 Å². The summed E-state index contributed by atoms with van der Waals surface area (Å²) in [4.78, 5) is 2.36. The lowest BCUT2D eigenvalue weighted by atomic mass is 9.96. The van der Waals surface area contributed by atoms with Crippen LogP contribution in [0.3, 0.4) is 0 Å². The zero-order chi connectivity index (χ0) is 9.97. The van der Waals surface area contributed by atoms with Crippen LogP contribution in [0.1, 0.15) is 18.9 Å². The van der Waals surface area contributed by atoms with Gasteiger partial charge in [-0.25, -0.2) is 0 Å². The molecule has 1 saturated heterocycles. The first-order valence-corrected chi connectivity index (χ1v) is 5.08. The zero-order valence-electron chi connectivity index (χ0n) is 8.40. The maximum absolute atomic E-state index is 8.65. The summed E-state index contributed by atoms with van der Waals surface area (Å²) in [5.41, 5.74) is 1.98. The molecule has 0 spiro atoms. The van der Waals surface area contributed by atoms with Gasteiger partial charge < -0.3 is 4.90 Å². The fourth-order valence-corrected chi connectivity index (χ4v) is 1.79. The average Bonchev–Trinajstić information content (AvgIpc) is 2.17. The van der Waals surface area contributed by atoms with Crippen molar-refractivity contribution in [2.45, 2.75) is 13.3 Å². The largest absolute Gasteiger partial charge is 0.371 e. The summed E-state index contributed by atoms with van der Waals surface area (Å²) in [6.45, 7) is 4.57. The second-order valence-electron chi connectivity index (χ2n) is 3.84. The van der Waals surface area contributed by atoms with Crippen LogP contribution in [0.25, 0.3) is 0 Å². The molecule has 1 aliphatic rings. The molecule has 1 fully saturated rings. The molecule has 0 radical (unpaired) electrons. The number of hydrogen-bond donors (Lipinski definition) is 0. The van der Waals surface area contributed by atoms with Crippen LogP contribution in [-0.4, -0.2) is 13.1 Å². The minimum Gasteiger partial charge on any atom is -0.371 e. The van der Waals surface area contributed by atoms with E-state index in [1.54, 1.807) is 0 Å². The number of benzene rings is 1. The molecule has 0 atom stereocenters. The summed E-state index contributed by atoms with van der Waals surface area (Å²) in [6.07, 6.45) is 1.27. The van der Waals surface area contributed by atoms with Gasteiger partial charge in [-0.15, -0.1) is 0 Å². The van der Waals surface area contributed by atoms with Gasteiger partial charge in [-0.2, -0.15) is 5.26 Å². The minimum absolute atomic E-state index is 0.737. The first-order valence-electron chi connectivity index (χ1n) is 5.08. The Balaban J connectivity index is 2.02. The summed E-state index contributed by atoms with van der Waals surface area (Å²) in [6, 6.07) is 9.96. The highest BCUT2D eigenvalue weighted by molar-refractivity contribution is 5.51. The van der Waals surface area contributed by atoms with Gasteiger partial charge in [-0.3, -0.25) is 0 Å². The van der Waals surface area contributed by atoms with Gasteiger partial charge in [0.25, 0.3) is 0 Å². The maximum Gasteiger partial charge on any atom is 0.0991 e. The third-order valence-corrected chi connectivity index (χ3v) is 2.90. The molecule has 0 unspecified atom stereocenters. The molecule has 1 aromatic rings. The van der Waals surface area contributed by atoms with Gasteiger partial charge in [0, 0.05) is 18.8 Å². The van der Waals surface area contributed by atoms with E-state index in [-0.39, 0.29) is 0 Å². The maximum atomic E-state index is 8.65. The van der Waals surface area contributed by atoms with Crippen molar-refractivity contribution in [1.82, 2.24) is 0 Å². The number of nitriles is 1. The second kappa shape index (κ2) is 3.71. The molecule has 1 heterocycles. The van der Waals surface area contributed by atoms with E-state index in [2.05, 4.69) is 17.9 Å². The fourth-order valence-electron chi connectivity index (χ4n) is 1.79. The van der Waals surface area contributed by atoms with E-state index in [9.17, 15) is 0 Å². The van der Waals surface area contributed by atoms with E-state index in [4.69, 9.17) is 5.26 Å². The number of anilines is 1. The van der Waals surface area contributed by atoms with Crippen LogP contribution in [-0.2, 0) is 0 Å². The highest BCUT2D eigenvalue weighted by Crippen LogP contribution is 2.26. The molecule has 14 heavy (non-hydrogen) atoms. The molecular weight excluding hydrogens is 172 g/mol. The van der Waals surface area contributed by atoms with Crippen LogP contribution in [0.15, 0.2) is 24.3 Å². The SMILES string of the molecule is CCC1CN(c2ccc(C#N)cc2)C1. The first-order chi connectivity index (χ1) is 6.83. The van der Waals surface area contributed by atoms with E-state index in [1.165, 1.54) is 25.2 Å². The Bertz CT molecular complexity index is 342. The average molecular weight is 186 g/mol. The van der Waals surface area contributed by atoms with Crippen molar-refractivity contribution in [3.8, 4) is 6.07 Å². The van der Waals surface area contributed by atoms with Gasteiger partial charge in [-0.1, -0.05) is 6.92 Å². The molecular formula is C12H14N2. The standard InChI is InChI=1S/C12H14N2/c1-2-10-8-14(9-10)12-5-3-11(7-13)4-6-12/h3-6,10H,2,8-9H2,1H3. The molecule has 2 heteroatoms. The van der Waals surface area contributed by atoms with E-state index < -0.39 is 0 Å². The normalized spacial score (nSPS) is 16.1. The predicted molar refractivity (Wildman–Crippen MR) is 57.2 cm³/mol. The van der Waals surface area contributed by atoms with Crippen LogP contribution in [0, 0.1) is 17.2 Å². The van der Waals surface area contributed by atoms with Crippen LogP contribution in [0.5, 0.6) is 0 Å². The molecule has 1 aromatic carbocycles. The molecule has 2 nitrogen and oxygen atoms in total. The molecule has 0 amide bonds. The number of hydrogen-bond acceptors (Lipinski definition) is 2. The van der Waals surface area contributed by atoms with Gasteiger partial charge in [0.1, 0.15) is 0 Å². The Morgan fingerprint density at radius 1 is 1.36 bits per heavy atom. The van der Waals surface area contributed by atoms with E-state index in [0.717, 1.165) is 11.5 Å². The fraction of sp³-hybridized carbons (Fsp3) is 0.417. The number of nitrogens with zero attached hydrogens (tertiary/aromatic N) is 2. The van der Waals surface area contributed by atoms with Crippen LogP contribution >= 0.6 is 0 Å². The van der Waals surface area contributed by atoms with Crippen molar-refractivity contribution in [1.29, 1.82) is 5.26 Å². The Kier molecular flexibility index (Phi) is 2.41. The van der Waals surface area contributed by atoms with Crippen molar-refractivity contribution < 1.29 is 0 Å². The highest BCUT2D eigenvalue weighted by atomic mass is 15.2. The lowest BCUT2D eigenvalue weighted by molar-refractivity contribution is 0.399.